The van der Waals surface area contributed by atoms with E-state index in [4.69, 9.17) is 5.73 Å². The van der Waals surface area contributed by atoms with Gasteiger partial charge < -0.3 is 16.2 Å². The molecule has 7 heteroatoms. The molecule has 0 spiro atoms. The molecule has 0 saturated heterocycles. The van der Waals surface area contributed by atoms with E-state index in [-0.39, 0.29) is 22.4 Å². The zero-order valence-electron chi connectivity index (χ0n) is 13.1. The number of nitrogens with two attached hydrogens (primary N) is 1. The van der Waals surface area contributed by atoms with Gasteiger partial charge in [-0.2, -0.15) is 5.10 Å². The number of fused-ring (bicyclic) bond motifs is 3. The van der Waals surface area contributed by atoms with Gasteiger partial charge in [0.25, 0.3) is 5.91 Å². The first kappa shape index (κ1) is 14.6. The summed E-state index contributed by atoms with van der Waals surface area (Å²) in [6, 6.07) is 5.71. The lowest BCUT2D eigenvalue weighted by Gasteiger charge is -2.27. The van der Waals surface area contributed by atoms with Crippen molar-refractivity contribution in [3.05, 3.63) is 58.5 Å². The normalized spacial score (nSPS) is 19.6. The first-order valence-corrected chi connectivity index (χ1v) is 7.39. The number of aromatic nitrogens is 2. The molecule has 4 rings (SSSR count). The molecule has 1 amide bonds. The Hall–Kier alpha value is -2.93. The third kappa shape index (κ3) is 1.73. The molecule has 1 aliphatic rings. The Bertz CT molecular complexity index is 1030. The molecule has 0 aliphatic carbocycles. The van der Waals surface area contributed by atoms with Crippen LogP contribution in [0.5, 0.6) is 0 Å². The van der Waals surface area contributed by atoms with Gasteiger partial charge in [-0.15, -0.1) is 0 Å². The molecule has 4 N–H and O–H groups in total. The molecule has 2 aromatic carbocycles. The van der Waals surface area contributed by atoms with Crippen molar-refractivity contribution in [1.82, 2.24) is 15.1 Å². The summed E-state index contributed by atoms with van der Waals surface area (Å²) in [4.78, 5) is 12.6. The van der Waals surface area contributed by atoms with E-state index in [2.05, 4.69) is 10.4 Å². The van der Waals surface area contributed by atoms with Crippen molar-refractivity contribution in [2.45, 2.75) is 12.6 Å². The van der Waals surface area contributed by atoms with Gasteiger partial charge in [0.1, 0.15) is 5.82 Å². The highest BCUT2D eigenvalue weighted by Gasteiger charge is 2.47. The second-order valence-electron chi connectivity index (χ2n) is 6.05. The average molecular weight is 326 g/mol. The van der Waals surface area contributed by atoms with Crippen LogP contribution in [0.2, 0.25) is 0 Å². The van der Waals surface area contributed by atoms with E-state index < -0.39 is 17.4 Å². The van der Waals surface area contributed by atoms with Crippen LogP contribution in [-0.4, -0.2) is 20.8 Å². The number of halogens is 1. The van der Waals surface area contributed by atoms with Gasteiger partial charge in [-0.3, -0.25) is 9.48 Å². The van der Waals surface area contributed by atoms with E-state index in [1.54, 1.807) is 37.0 Å². The lowest BCUT2D eigenvalue weighted by molar-refractivity contribution is 0.0474. The minimum atomic E-state index is -1.89. The Morgan fingerprint density at radius 3 is 2.88 bits per heavy atom. The average Bonchev–Trinajstić information content (AvgIpc) is 3.01. The summed E-state index contributed by atoms with van der Waals surface area (Å²) in [5, 5.41) is 18.6. The number of amides is 1. The first-order chi connectivity index (χ1) is 11.3. The summed E-state index contributed by atoms with van der Waals surface area (Å²) in [5.74, 6) is -0.982. The maximum atomic E-state index is 13.7. The number of carbonyl (C=O) groups excluding carboxylic acids is 1. The zero-order chi connectivity index (χ0) is 17.2. The summed E-state index contributed by atoms with van der Waals surface area (Å²) >= 11 is 0. The number of benzene rings is 2. The lowest BCUT2D eigenvalue weighted by atomic mass is 9.89. The first-order valence-electron chi connectivity index (χ1n) is 7.39. The van der Waals surface area contributed by atoms with Gasteiger partial charge in [-0.1, -0.05) is 6.07 Å². The second-order valence-corrected chi connectivity index (χ2v) is 6.05. The molecule has 122 valence electrons. The summed E-state index contributed by atoms with van der Waals surface area (Å²) in [6.07, 6.45) is 1.60. The van der Waals surface area contributed by atoms with Crippen molar-refractivity contribution in [1.29, 1.82) is 0 Å². The molecule has 0 radical (unpaired) electrons. The molecule has 2 heterocycles. The van der Waals surface area contributed by atoms with E-state index in [1.807, 2.05) is 0 Å². The van der Waals surface area contributed by atoms with E-state index in [0.717, 1.165) is 0 Å². The van der Waals surface area contributed by atoms with Crippen molar-refractivity contribution in [2.75, 3.05) is 5.73 Å². The standard InChI is InChI=1S/C17H15FN4O2/c1-8-3-4-10(18)6-11(8)17(24)14-12(19)5-9-7-20-22(2)15(9)13(14)16(23)21-17/h3-7,24H,19H2,1-2H3,(H,21,23). The fourth-order valence-corrected chi connectivity index (χ4v) is 3.45. The summed E-state index contributed by atoms with van der Waals surface area (Å²) in [7, 11) is 1.71. The Kier molecular flexibility index (Phi) is 2.77. The van der Waals surface area contributed by atoms with E-state index >= 15 is 0 Å². The maximum absolute atomic E-state index is 13.7. The van der Waals surface area contributed by atoms with Crippen molar-refractivity contribution in [3.63, 3.8) is 0 Å². The number of hydrogen-bond acceptors (Lipinski definition) is 4. The predicted octanol–water partition coefficient (Wildman–Crippen LogP) is 1.54. The van der Waals surface area contributed by atoms with Crippen molar-refractivity contribution >= 4 is 22.5 Å². The third-order valence-electron chi connectivity index (χ3n) is 4.53. The fraction of sp³-hybridized carbons (Fsp3) is 0.176. The third-order valence-corrected chi connectivity index (χ3v) is 4.53. The van der Waals surface area contributed by atoms with Crippen LogP contribution in [0, 0.1) is 12.7 Å². The maximum Gasteiger partial charge on any atom is 0.256 e. The van der Waals surface area contributed by atoms with Crippen LogP contribution in [0.1, 0.15) is 27.0 Å². The summed E-state index contributed by atoms with van der Waals surface area (Å²) < 4.78 is 15.3. The highest BCUT2D eigenvalue weighted by molar-refractivity contribution is 6.12. The van der Waals surface area contributed by atoms with E-state index in [1.165, 1.54) is 12.1 Å². The van der Waals surface area contributed by atoms with Gasteiger partial charge in [0.2, 0.25) is 0 Å². The van der Waals surface area contributed by atoms with E-state index in [9.17, 15) is 14.3 Å². The molecule has 3 aromatic rings. The smallest absolute Gasteiger partial charge is 0.256 e. The fourth-order valence-electron chi connectivity index (χ4n) is 3.45. The van der Waals surface area contributed by atoms with Crippen molar-refractivity contribution in [3.8, 4) is 0 Å². The molecule has 1 atom stereocenters. The Morgan fingerprint density at radius 1 is 1.38 bits per heavy atom. The number of aryl methyl sites for hydroxylation is 2. The zero-order valence-corrected chi connectivity index (χ0v) is 13.1. The molecule has 0 fully saturated rings. The molecule has 1 unspecified atom stereocenters. The Morgan fingerprint density at radius 2 is 2.12 bits per heavy atom. The van der Waals surface area contributed by atoms with E-state index in [0.29, 0.717) is 16.5 Å². The molecule has 1 aliphatic heterocycles. The Labute approximate surface area is 136 Å². The van der Waals surface area contributed by atoms with Gasteiger partial charge in [-0.05, 0) is 30.7 Å². The number of nitrogens with one attached hydrogen (secondary N) is 1. The molecule has 0 bridgehead atoms. The molecule has 0 saturated carbocycles. The number of carbonyl (C=O) groups is 1. The highest BCUT2D eigenvalue weighted by Crippen LogP contribution is 2.43. The van der Waals surface area contributed by atoms with Crippen LogP contribution in [0.25, 0.3) is 10.9 Å². The largest absolute Gasteiger partial charge is 0.398 e. The van der Waals surface area contributed by atoms with Gasteiger partial charge in [0.15, 0.2) is 5.72 Å². The van der Waals surface area contributed by atoms with Crippen molar-refractivity contribution in [2.24, 2.45) is 7.05 Å². The molecule has 6 nitrogen and oxygen atoms in total. The van der Waals surface area contributed by atoms with Gasteiger partial charge in [-0.25, -0.2) is 4.39 Å². The minimum Gasteiger partial charge on any atom is -0.398 e. The molecular formula is C17H15FN4O2. The van der Waals surface area contributed by atoms with Crippen LogP contribution in [0.3, 0.4) is 0 Å². The van der Waals surface area contributed by atoms with Gasteiger partial charge in [0.05, 0.1) is 17.3 Å². The summed E-state index contributed by atoms with van der Waals surface area (Å²) in [6.45, 7) is 1.73. The second kappa shape index (κ2) is 4.55. The highest BCUT2D eigenvalue weighted by atomic mass is 19.1. The minimum absolute atomic E-state index is 0.234. The number of aliphatic hydroxyl groups is 1. The van der Waals surface area contributed by atoms with Crippen LogP contribution >= 0.6 is 0 Å². The van der Waals surface area contributed by atoms with Gasteiger partial charge >= 0.3 is 0 Å². The van der Waals surface area contributed by atoms with Crippen molar-refractivity contribution < 1.29 is 14.3 Å². The topological polar surface area (TPSA) is 93.2 Å². The quantitative estimate of drug-likeness (QED) is 0.591. The summed E-state index contributed by atoms with van der Waals surface area (Å²) in [5.41, 5.74) is 6.44. The molecular weight excluding hydrogens is 311 g/mol. The van der Waals surface area contributed by atoms with Gasteiger partial charge in [0, 0.05) is 29.2 Å². The van der Waals surface area contributed by atoms with Crippen LogP contribution < -0.4 is 11.1 Å². The predicted molar refractivity (Wildman–Crippen MR) is 86.7 cm³/mol. The number of nitrogen functional groups attached to an aromatic ring is 1. The van der Waals surface area contributed by atoms with Crippen LogP contribution in [0.15, 0.2) is 30.5 Å². The Balaban J connectivity index is 2.11. The lowest BCUT2D eigenvalue weighted by Crippen LogP contribution is -2.41. The number of rotatable bonds is 1. The number of hydrogen-bond donors (Lipinski definition) is 3. The molecule has 24 heavy (non-hydrogen) atoms. The number of nitrogens with zero attached hydrogens (tertiary/aromatic N) is 2. The van der Waals surface area contributed by atoms with Crippen LogP contribution in [-0.2, 0) is 12.8 Å². The van der Waals surface area contributed by atoms with Crippen LogP contribution in [0.4, 0.5) is 10.1 Å². The SMILES string of the molecule is Cc1ccc(F)cc1C1(O)NC(=O)c2c1c(N)cc1cnn(C)c21. The monoisotopic (exact) mass is 326 g/mol. The molecule has 1 aromatic heterocycles. The number of anilines is 1.